The second kappa shape index (κ2) is 5.88. The molecule has 5 heteroatoms. The first kappa shape index (κ1) is 11.3. The molecule has 0 radical (unpaired) electrons. The summed E-state index contributed by atoms with van der Waals surface area (Å²) in [5.74, 6) is -0.399. The van der Waals surface area contributed by atoms with E-state index in [2.05, 4.69) is 22.7 Å². The highest BCUT2D eigenvalue weighted by Gasteiger charge is 2.18. The topological polar surface area (TPSA) is 55.4 Å². The number of carbonyl (C=O) groups excluding carboxylic acids is 2. The van der Waals surface area contributed by atoms with Crippen LogP contribution in [0, 0.1) is 0 Å². The molecule has 0 saturated heterocycles. The molecule has 0 aliphatic carbocycles. The minimum Gasteiger partial charge on any atom is -0.467 e. The van der Waals surface area contributed by atoms with Crippen LogP contribution in [-0.4, -0.2) is 30.8 Å². The zero-order chi connectivity index (χ0) is 9.56. The monoisotopic (exact) mass is 191 g/mol. The number of rotatable bonds is 4. The molecule has 0 unspecified atom stereocenters. The van der Waals surface area contributed by atoms with Gasteiger partial charge in [-0.05, 0) is 0 Å². The second-order valence-electron chi connectivity index (χ2n) is 2.18. The Balaban J connectivity index is 3.99. The maximum Gasteiger partial charge on any atom is 0.329 e. The van der Waals surface area contributed by atoms with Gasteiger partial charge < -0.3 is 10.1 Å². The Labute approximate surface area is 77.1 Å². The molecule has 1 N–H and O–H groups in total. The minimum atomic E-state index is -0.634. The number of nitrogens with one attached hydrogen (secondary N) is 1. The number of amides is 1. The van der Waals surface area contributed by atoms with Gasteiger partial charge in [0.2, 0.25) is 5.91 Å². The summed E-state index contributed by atoms with van der Waals surface area (Å²) in [5.41, 5.74) is 0. The van der Waals surface area contributed by atoms with Crippen molar-refractivity contribution >= 4 is 24.5 Å². The zero-order valence-electron chi connectivity index (χ0n) is 7.16. The summed E-state index contributed by atoms with van der Waals surface area (Å²) in [7, 11) is 1.27. The average Bonchev–Trinajstić information content (AvgIpc) is 2.12. The van der Waals surface area contributed by atoms with Gasteiger partial charge in [-0.1, -0.05) is 6.92 Å². The molecule has 0 fully saturated rings. The highest BCUT2D eigenvalue weighted by atomic mass is 32.1. The van der Waals surface area contributed by atoms with E-state index >= 15 is 0 Å². The van der Waals surface area contributed by atoms with E-state index in [4.69, 9.17) is 0 Å². The number of thiol groups is 1. The first-order valence-corrected chi connectivity index (χ1v) is 4.27. The van der Waals surface area contributed by atoms with E-state index in [1.54, 1.807) is 6.92 Å². The molecule has 0 heterocycles. The average molecular weight is 191 g/mol. The normalized spacial score (nSPS) is 11.9. The predicted molar refractivity (Wildman–Crippen MR) is 48.1 cm³/mol. The van der Waals surface area contributed by atoms with Crippen LogP contribution in [0.5, 0.6) is 0 Å². The van der Waals surface area contributed by atoms with E-state index in [1.807, 2.05) is 0 Å². The molecule has 70 valence electrons. The van der Waals surface area contributed by atoms with Gasteiger partial charge in [0.1, 0.15) is 6.04 Å². The lowest BCUT2D eigenvalue weighted by Crippen LogP contribution is -2.42. The Morgan fingerprint density at radius 2 is 2.17 bits per heavy atom. The fourth-order valence-electron chi connectivity index (χ4n) is 0.618. The molecule has 0 rings (SSSR count). The maximum absolute atomic E-state index is 10.9. The Morgan fingerprint density at radius 1 is 1.58 bits per heavy atom. The smallest absolute Gasteiger partial charge is 0.329 e. The molecule has 4 nitrogen and oxygen atoms in total. The van der Waals surface area contributed by atoms with Crippen LogP contribution in [-0.2, 0) is 14.3 Å². The van der Waals surface area contributed by atoms with Gasteiger partial charge in [-0.3, -0.25) is 4.79 Å². The Bertz CT molecular complexity index is 172. The molecular weight excluding hydrogens is 178 g/mol. The molecule has 0 aliphatic heterocycles. The Kier molecular flexibility index (Phi) is 5.53. The predicted octanol–water partition coefficient (Wildman–Crippen LogP) is -0.0160. The van der Waals surface area contributed by atoms with Crippen LogP contribution in [0.2, 0.25) is 0 Å². The molecule has 1 atom stereocenters. The zero-order valence-corrected chi connectivity index (χ0v) is 8.06. The molecule has 0 aliphatic rings. The lowest BCUT2D eigenvalue weighted by Gasteiger charge is -2.12. The highest BCUT2D eigenvalue weighted by molar-refractivity contribution is 7.80. The fourth-order valence-corrected chi connectivity index (χ4v) is 0.858. The number of ether oxygens (including phenoxy) is 1. The lowest BCUT2D eigenvalue weighted by atomic mass is 10.3. The van der Waals surface area contributed by atoms with E-state index in [0.717, 1.165) is 0 Å². The largest absolute Gasteiger partial charge is 0.467 e. The first-order chi connectivity index (χ1) is 5.65. The minimum absolute atomic E-state index is 0.181. The second-order valence-corrected chi connectivity index (χ2v) is 2.54. The number of methoxy groups -OCH3 is 1. The summed E-state index contributed by atoms with van der Waals surface area (Å²) in [6.07, 6.45) is 0.348. The van der Waals surface area contributed by atoms with Gasteiger partial charge >= 0.3 is 5.97 Å². The van der Waals surface area contributed by atoms with Crippen LogP contribution in [0.1, 0.15) is 13.3 Å². The molecule has 0 bridgehead atoms. The third-order valence-corrected chi connectivity index (χ3v) is 1.69. The summed E-state index contributed by atoms with van der Waals surface area (Å²) in [6.45, 7) is 1.71. The van der Waals surface area contributed by atoms with Crippen LogP contribution in [0.25, 0.3) is 0 Å². The van der Waals surface area contributed by atoms with E-state index in [1.165, 1.54) is 7.11 Å². The van der Waals surface area contributed by atoms with Crippen molar-refractivity contribution < 1.29 is 14.3 Å². The van der Waals surface area contributed by atoms with Crippen molar-refractivity contribution in [3.05, 3.63) is 0 Å². The van der Waals surface area contributed by atoms with Gasteiger partial charge in [0, 0.05) is 12.2 Å². The van der Waals surface area contributed by atoms with Gasteiger partial charge in [0.15, 0.2) is 0 Å². The molecule has 0 aromatic rings. The maximum atomic E-state index is 10.9. The molecule has 0 spiro atoms. The standard InChI is InChI=1S/C7H13NO3S/c1-3-6(9)8-5(4-12)7(10)11-2/h5,12H,3-4H2,1-2H3,(H,8,9)/t5-/m0/s1. The van der Waals surface area contributed by atoms with Gasteiger partial charge in [0.05, 0.1) is 7.11 Å². The Hall–Kier alpha value is -0.710. The van der Waals surface area contributed by atoms with Crippen LogP contribution >= 0.6 is 12.6 Å². The van der Waals surface area contributed by atoms with Crippen LogP contribution in [0.15, 0.2) is 0 Å². The number of carbonyl (C=O) groups is 2. The summed E-state index contributed by atoms with van der Waals surface area (Å²) in [5, 5.41) is 2.48. The van der Waals surface area contributed by atoms with Crippen LogP contribution in [0.3, 0.4) is 0 Å². The van der Waals surface area contributed by atoms with E-state index in [-0.39, 0.29) is 11.7 Å². The third-order valence-electron chi connectivity index (χ3n) is 1.32. The molecule has 0 aromatic carbocycles. The van der Waals surface area contributed by atoms with Crippen molar-refractivity contribution in [1.82, 2.24) is 5.32 Å². The van der Waals surface area contributed by atoms with Gasteiger partial charge in [-0.2, -0.15) is 12.6 Å². The van der Waals surface area contributed by atoms with E-state index in [9.17, 15) is 9.59 Å². The number of esters is 1. The molecule has 1 amide bonds. The number of hydrogen-bond acceptors (Lipinski definition) is 4. The van der Waals surface area contributed by atoms with Gasteiger partial charge in [0.25, 0.3) is 0 Å². The fraction of sp³-hybridized carbons (Fsp3) is 0.714. The van der Waals surface area contributed by atoms with E-state index < -0.39 is 12.0 Å². The summed E-state index contributed by atoms with van der Waals surface area (Å²) < 4.78 is 4.45. The first-order valence-electron chi connectivity index (χ1n) is 3.63. The van der Waals surface area contributed by atoms with Crippen LogP contribution in [0.4, 0.5) is 0 Å². The highest BCUT2D eigenvalue weighted by Crippen LogP contribution is 1.92. The number of hydrogen-bond donors (Lipinski definition) is 2. The molecular formula is C7H13NO3S. The lowest BCUT2D eigenvalue weighted by molar-refractivity contribution is -0.144. The van der Waals surface area contributed by atoms with Crippen molar-refractivity contribution in [3.63, 3.8) is 0 Å². The SMILES string of the molecule is CCC(=O)N[C@@H](CS)C(=O)OC. The van der Waals surface area contributed by atoms with Crippen molar-refractivity contribution in [2.75, 3.05) is 12.9 Å². The summed E-state index contributed by atoms with van der Waals surface area (Å²) in [4.78, 5) is 21.8. The van der Waals surface area contributed by atoms with Crippen molar-refractivity contribution in [2.45, 2.75) is 19.4 Å². The Morgan fingerprint density at radius 3 is 2.50 bits per heavy atom. The van der Waals surface area contributed by atoms with Crippen molar-refractivity contribution in [2.24, 2.45) is 0 Å². The van der Waals surface area contributed by atoms with Crippen molar-refractivity contribution in [3.8, 4) is 0 Å². The summed E-state index contributed by atoms with van der Waals surface area (Å²) >= 11 is 3.91. The molecule has 12 heavy (non-hydrogen) atoms. The molecule has 0 saturated carbocycles. The van der Waals surface area contributed by atoms with Gasteiger partial charge in [-0.15, -0.1) is 0 Å². The summed E-state index contributed by atoms with van der Waals surface area (Å²) in [6, 6.07) is -0.634. The van der Waals surface area contributed by atoms with Gasteiger partial charge in [-0.25, -0.2) is 4.79 Å². The van der Waals surface area contributed by atoms with Crippen LogP contribution < -0.4 is 5.32 Å². The third kappa shape index (κ3) is 3.61. The molecule has 0 aromatic heterocycles. The van der Waals surface area contributed by atoms with Crippen molar-refractivity contribution in [1.29, 1.82) is 0 Å². The quantitative estimate of drug-likeness (QED) is 0.485. The van der Waals surface area contributed by atoms with E-state index in [0.29, 0.717) is 6.42 Å².